The van der Waals surface area contributed by atoms with Gasteiger partial charge >= 0.3 is 6.18 Å². The summed E-state index contributed by atoms with van der Waals surface area (Å²) >= 11 is 0. The van der Waals surface area contributed by atoms with E-state index in [4.69, 9.17) is 5.26 Å². The number of nitriles is 1. The highest BCUT2D eigenvalue weighted by molar-refractivity contribution is 5.05. The largest absolute Gasteiger partial charge is 0.401 e. The predicted molar refractivity (Wildman–Crippen MR) is 51.2 cm³/mol. The highest BCUT2D eigenvalue weighted by atomic mass is 19.4. The molecule has 0 spiro atoms. The fourth-order valence-corrected chi connectivity index (χ4v) is 1.15. The van der Waals surface area contributed by atoms with Crippen LogP contribution >= 0.6 is 0 Å². The summed E-state index contributed by atoms with van der Waals surface area (Å²) < 4.78 is 36.4. The molecule has 0 fully saturated rings. The molecule has 3 nitrogen and oxygen atoms in total. The number of halogens is 3. The molecule has 0 aromatic rings. The van der Waals surface area contributed by atoms with Crippen molar-refractivity contribution in [3.05, 3.63) is 0 Å². The molecule has 0 aliphatic carbocycles. The van der Waals surface area contributed by atoms with Crippen molar-refractivity contribution in [2.24, 2.45) is 0 Å². The van der Waals surface area contributed by atoms with E-state index in [1.54, 1.807) is 20.9 Å². The Morgan fingerprint density at radius 2 is 1.87 bits per heavy atom. The molecule has 1 N–H and O–H groups in total. The molecular formula is C9H16F3N3. The lowest BCUT2D eigenvalue weighted by atomic mass is 10.0. The van der Waals surface area contributed by atoms with Gasteiger partial charge in [-0.25, -0.2) is 0 Å². The molecule has 0 amide bonds. The van der Waals surface area contributed by atoms with Crippen molar-refractivity contribution in [3.8, 4) is 6.07 Å². The van der Waals surface area contributed by atoms with Gasteiger partial charge in [0.1, 0.15) is 5.54 Å². The van der Waals surface area contributed by atoms with Gasteiger partial charge in [0.05, 0.1) is 12.6 Å². The van der Waals surface area contributed by atoms with Crippen LogP contribution in [0.1, 0.15) is 13.8 Å². The fourth-order valence-electron chi connectivity index (χ4n) is 1.15. The average Bonchev–Trinajstić information content (AvgIpc) is 2.14. The van der Waals surface area contributed by atoms with E-state index in [2.05, 4.69) is 5.32 Å². The lowest BCUT2D eigenvalue weighted by Crippen LogP contribution is -2.50. The molecule has 1 unspecified atom stereocenters. The lowest BCUT2D eigenvalue weighted by Gasteiger charge is -2.29. The first-order valence-corrected chi connectivity index (χ1v) is 4.65. The van der Waals surface area contributed by atoms with Crippen molar-refractivity contribution >= 4 is 0 Å². The van der Waals surface area contributed by atoms with Gasteiger partial charge in [0.15, 0.2) is 0 Å². The van der Waals surface area contributed by atoms with Crippen LogP contribution in [0.2, 0.25) is 0 Å². The standard InChI is InChI=1S/C9H16F3N3/c1-4-15(7-9(10,11)12)6-8(2,5-13)14-3/h14H,4,6-7H2,1-3H3. The third kappa shape index (κ3) is 5.60. The summed E-state index contributed by atoms with van der Waals surface area (Å²) in [4.78, 5) is 1.19. The second-order valence-corrected chi connectivity index (χ2v) is 3.61. The molecular weight excluding hydrogens is 207 g/mol. The summed E-state index contributed by atoms with van der Waals surface area (Å²) in [5.41, 5.74) is -0.943. The van der Waals surface area contributed by atoms with E-state index in [1.807, 2.05) is 6.07 Å². The minimum atomic E-state index is -4.22. The number of nitrogens with zero attached hydrogens (tertiary/aromatic N) is 2. The maximum Gasteiger partial charge on any atom is 0.401 e. The molecule has 0 saturated carbocycles. The van der Waals surface area contributed by atoms with Gasteiger partial charge in [0, 0.05) is 6.54 Å². The molecule has 0 aromatic heterocycles. The number of alkyl halides is 3. The van der Waals surface area contributed by atoms with E-state index in [0.717, 1.165) is 0 Å². The van der Waals surface area contributed by atoms with E-state index in [0.29, 0.717) is 0 Å². The molecule has 0 radical (unpaired) electrons. The molecule has 0 saturated heterocycles. The van der Waals surface area contributed by atoms with E-state index >= 15 is 0 Å². The summed E-state index contributed by atoms with van der Waals surface area (Å²) in [5.74, 6) is 0. The summed E-state index contributed by atoms with van der Waals surface area (Å²) in [7, 11) is 1.56. The smallest absolute Gasteiger partial charge is 0.302 e. The summed E-state index contributed by atoms with van der Waals surface area (Å²) in [6.45, 7) is 2.54. The summed E-state index contributed by atoms with van der Waals surface area (Å²) in [5, 5.41) is 11.5. The number of nitrogens with one attached hydrogen (secondary N) is 1. The Labute approximate surface area is 87.9 Å². The zero-order valence-corrected chi connectivity index (χ0v) is 9.15. The zero-order chi connectivity index (χ0) is 12.1. The van der Waals surface area contributed by atoms with Crippen LogP contribution in [-0.2, 0) is 0 Å². The number of rotatable bonds is 5. The Hall–Kier alpha value is -0.800. The number of hydrogen-bond acceptors (Lipinski definition) is 3. The third-order valence-electron chi connectivity index (χ3n) is 2.19. The van der Waals surface area contributed by atoms with Crippen molar-refractivity contribution in [3.63, 3.8) is 0 Å². The Kier molecular flexibility index (Phi) is 5.05. The quantitative estimate of drug-likeness (QED) is 0.765. The third-order valence-corrected chi connectivity index (χ3v) is 2.19. The molecule has 0 rings (SSSR count). The van der Waals surface area contributed by atoms with Crippen molar-refractivity contribution in [1.82, 2.24) is 10.2 Å². The Morgan fingerprint density at radius 3 is 2.13 bits per heavy atom. The average molecular weight is 223 g/mol. The van der Waals surface area contributed by atoms with Crippen molar-refractivity contribution in [1.29, 1.82) is 5.26 Å². The van der Waals surface area contributed by atoms with Crippen molar-refractivity contribution in [2.45, 2.75) is 25.6 Å². The van der Waals surface area contributed by atoms with Gasteiger partial charge < -0.3 is 5.32 Å². The molecule has 6 heteroatoms. The predicted octanol–water partition coefficient (Wildman–Crippen LogP) is 1.37. The normalized spacial score (nSPS) is 16.1. The molecule has 0 heterocycles. The van der Waals surface area contributed by atoms with E-state index < -0.39 is 18.3 Å². The van der Waals surface area contributed by atoms with E-state index in [1.165, 1.54) is 4.90 Å². The van der Waals surface area contributed by atoms with Gasteiger partial charge in [-0.2, -0.15) is 18.4 Å². The van der Waals surface area contributed by atoms with Crippen LogP contribution in [0.4, 0.5) is 13.2 Å². The minimum Gasteiger partial charge on any atom is -0.302 e. The van der Waals surface area contributed by atoms with Crippen LogP contribution in [-0.4, -0.2) is 43.3 Å². The van der Waals surface area contributed by atoms with Gasteiger partial charge in [-0.1, -0.05) is 6.92 Å². The van der Waals surface area contributed by atoms with Gasteiger partial charge in [-0.05, 0) is 20.5 Å². The molecule has 0 bridgehead atoms. The van der Waals surface area contributed by atoms with Crippen molar-refractivity contribution < 1.29 is 13.2 Å². The Morgan fingerprint density at radius 1 is 1.33 bits per heavy atom. The second kappa shape index (κ2) is 5.33. The zero-order valence-electron chi connectivity index (χ0n) is 9.15. The molecule has 0 aliphatic rings. The monoisotopic (exact) mass is 223 g/mol. The Bertz CT molecular complexity index is 234. The van der Waals surface area contributed by atoms with Crippen LogP contribution < -0.4 is 5.32 Å². The van der Waals surface area contributed by atoms with Gasteiger partial charge in [0.25, 0.3) is 0 Å². The maximum absolute atomic E-state index is 12.1. The minimum absolute atomic E-state index is 0.0516. The van der Waals surface area contributed by atoms with Crippen LogP contribution in [0, 0.1) is 11.3 Å². The van der Waals surface area contributed by atoms with Crippen molar-refractivity contribution in [2.75, 3.05) is 26.7 Å². The van der Waals surface area contributed by atoms with Crippen LogP contribution in [0.5, 0.6) is 0 Å². The molecule has 0 aliphatic heterocycles. The SMILES string of the molecule is CCN(CC(F)(F)F)CC(C)(C#N)NC. The molecule has 88 valence electrons. The summed E-state index contributed by atoms with van der Waals surface area (Å²) in [6.07, 6.45) is -4.22. The van der Waals surface area contributed by atoms with Gasteiger partial charge in [-0.3, -0.25) is 4.90 Å². The van der Waals surface area contributed by atoms with Gasteiger partial charge in [0.2, 0.25) is 0 Å². The fraction of sp³-hybridized carbons (Fsp3) is 0.889. The van der Waals surface area contributed by atoms with Crippen LogP contribution in [0.25, 0.3) is 0 Å². The van der Waals surface area contributed by atoms with Crippen LogP contribution in [0.15, 0.2) is 0 Å². The highest BCUT2D eigenvalue weighted by Gasteiger charge is 2.33. The molecule has 15 heavy (non-hydrogen) atoms. The first-order valence-electron chi connectivity index (χ1n) is 4.65. The van der Waals surface area contributed by atoms with E-state index in [9.17, 15) is 13.2 Å². The molecule has 0 aromatic carbocycles. The molecule has 1 atom stereocenters. The number of hydrogen-bond donors (Lipinski definition) is 1. The maximum atomic E-state index is 12.1. The van der Waals surface area contributed by atoms with Gasteiger partial charge in [-0.15, -0.1) is 0 Å². The topological polar surface area (TPSA) is 39.1 Å². The highest BCUT2D eigenvalue weighted by Crippen LogP contribution is 2.17. The first kappa shape index (κ1) is 14.2. The summed E-state index contributed by atoms with van der Waals surface area (Å²) in [6, 6.07) is 1.96. The van der Waals surface area contributed by atoms with Crippen LogP contribution in [0.3, 0.4) is 0 Å². The van der Waals surface area contributed by atoms with E-state index in [-0.39, 0.29) is 13.1 Å². The second-order valence-electron chi connectivity index (χ2n) is 3.61. The number of likely N-dealkylation sites (N-methyl/N-ethyl adjacent to an activating group) is 2. The first-order chi connectivity index (χ1) is 6.76. The Balaban J connectivity index is 4.40. The lowest BCUT2D eigenvalue weighted by molar-refractivity contribution is -0.146.